The molecule has 86 valence electrons. The zero-order valence-corrected chi connectivity index (χ0v) is 9.79. The van der Waals surface area contributed by atoms with Crippen LogP contribution >= 0.6 is 0 Å². The van der Waals surface area contributed by atoms with Crippen LogP contribution in [0.3, 0.4) is 0 Å². The summed E-state index contributed by atoms with van der Waals surface area (Å²) in [5.74, 6) is 0.278. The van der Waals surface area contributed by atoms with Gasteiger partial charge in [0.05, 0.1) is 0 Å². The van der Waals surface area contributed by atoms with Crippen LogP contribution in [-0.4, -0.2) is 15.8 Å². The second-order valence-electron chi connectivity index (χ2n) is 4.49. The number of Topliss-reactive ketones (excluding diaryl/α,β-unsaturated/α-hetero) is 1. The summed E-state index contributed by atoms with van der Waals surface area (Å²) in [6.07, 6.45) is 6.17. The lowest BCUT2D eigenvalue weighted by atomic mass is 9.93. The monoisotopic (exact) mass is 226 g/mol. The average molecular weight is 226 g/mol. The van der Waals surface area contributed by atoms with E-state index in [1.165, 1.54) is 0 Å². The molecule has 3 rings (SSSR count). The van der Waals surface area contributed by atoms with E-state index in [1.54, 1.807) is 12.4 Å². The normalized spacial score (nSPS) is 14.8. The molecule has 0 amide bonds. The van der Waals surface area contributed by atoms with E-state index in [2.05, 4.69) is 9.97 Å². The summed E-state index contributed by atoms with van der Waals surface area (Å²) in [6, 6.07) is 3.93. The Labute approximate surface area is 99.9 Å². The first-order valence-corrected chi connectivity index (χ1v) is 5.92. The molecule has 2 heterocycles. The van der Waals surface area contributed by atoms with Crippen molar-refractivity contribution >= 4 is 5.78 Å². The van der Waals surface area contributed by atoms with E-state index in [9.17, 15) is 4.79 Å². The Hall–Kier alpha value is -1.90. The molecule has 3 nitrogen and oxygen atoms in total. The number of nitrogens with one attached hydrogen (secondary N) is 1. The summed E-state index contributed by atoms with van der Waals surface area (Å²) in [5.41, 5.74) is 5.26. The van der Waals surface area contributed by atoms with E-state index in [4.69, 9.17) is 0 Å². The smallest absolute Gasteiger partial charge is 0.164 e. The summed E-state index contributed by atoms with van der Waals surface area (Å²) in [4.78, 5) is 19.3. The van der Waals surface area contributed by atoms with Gasteiger partial charge >= 0.3 is 0 Å². The number of aryl methyl sites for hydroxylation is 1. The fraction of sp³-hybridized carbons (Fsp3) is 0.286. The largest absolute Gasteiger partial charge is 0.358 e. The standard InChI is InChI=1S/C14H14N2O/c1-9-13-11(3-2-4-12(13)17)16-14(9)10-5-7-15-8-6-10/h5-8,16H,2-4H2,1H3. The van der Waals surface area contributed by atoms with Gasteiger partial charge in [-0.15, -0.1) is 0 Å². The van der Waals surface area contributed by atoms with Crippen molar-refractivity contribution in [2.45, 2.75) is 26.2 Å². The van der Waals surface area contributed by atoms with Crippen molar-refractivity contribution in [3.8, 4) is 11.3 Å². The molecule has 0 unspecified atom stereocenters. The predicted molar refractivity (Wildman–Crippen MR) is 66.0 cm³/mol. The molecule has 17 heavy (non-hydrogen) atoms. The second-order valence-corrected chi connectivity index (χ2v) is 4.49. The van der Waals surface area contributed by atoms with E-state index >= 15 is 0 Å². The third kappa shape index (κ3) is 1.58. The van der Waals surface area contributed by atoms with Gasteiger partial charge in [-0.2, -0.15) is 0 Å². The van der Waals surface area contributed by atoms with Crippen molar-refractivity contribution in [3.63, 3.8) is 0 Å². The summed E-state index contributed by atoms with van der Waals surface area (Å²) in [6.45, 7) is 2.02. The third-order valence-corrected chi connectivity index (χ3v) is 3.41. The number of hydrogen-bond donors (Lipinski definition) is 1. The predicted octanol–water partition coefficient (Wildman–Crippen LogP) is 2.90. The molecule has 1 aliphatic rings. The van der Waals surface area contributed by atoms with Gasteiger partial charge in [0, 0.05) is 41.3 Å². The van der Waals surface area contributed by atoms with Crippen molar-refractivity contribution in [2.75, 3.05) is 0 Å². The van der Waals surface area contributed by atoms with Crippen LogP contribution in [-0.2, 0) is 6.42 Å². The number of fused-ring (bicyclic) bond motifs is 1. The third-order valence-electron chi connectivity index (χ3n) is 3.41. The van der Waals surface area contributed by atoms with E-state index in [0.717, 1.165) is 40.9 Å². The molecular formula is C14H14N2O. The Morgan fingerprint density at radius 2 is 2.00 bits per heavy atom. The van der Waals surface area contributed by atoms with Crippen molar-refractivity contribution < 1.29 is 4.79 Å². The summed E-state index contributed by atoms with van der Waals surface area (Å²) < 4.78 is 0. The molecule has 0 fully saturated rings. The van der Waals surface area contributed by atoms with Gasteiger partial charge in [0.15, 0.2) is 5.78 Å². The number of hydrogen-bond acceptors (Lipinski definition) is 2. The number of ketones is 1. The Morgan fingerprint density at radius 1 is 1.24 bits per heavy atom. The molecule has 0 aliphatic heterocycles. The first-order valence-electron chi connectivity index (χ1n) is 5.92. The van der Waals surface area contributed by atoms with Crippen LogP contribution in [0, 0.1) is 6.92 Å². The quantitative estimate of drug-likeness (QED) is 0.812. The maximum absolute atomic E-state index is 11.9. The number of H-pyrrole nitrogens is 1. The lowest BCUT2D eigenvalue weighted by Gasteiger charge is -2.09. The molecule has 0 aromatic carbocycles. The van der Waals surface area contributed by atoms with Gasteiger partial charge in [-0.3, -0.25) is 9.78 Å². The highest BCUT2D eigenvalue weighted by Crippen LogP contribution is 2.31. The van der Waals surface area contributed by atoms with Gasteiger partial charge in [-0.1, -0.05) is 0 Å². The fourth-order valence-corrected chi connectivity index (χ4v) is 2.58. The van der Waals surface area contributed by atoms with Crippen LogP contribution in [0.4, 0.5) is 0 Å². The Bertz CT molecular complexity index is 569. The highest BCUT2D eigenvalue weighted by Gasteiger charge is 2.23. The number of nitrogens with zero attached hydrogens (tertiary/aromatic N) is 1. The molecule has 0 spiro atoms. The van der Waals surface area contributed by atoms with Gasteiger partial charge in [0.25, 0.3) is 0 Å². The van der Waals surface area contributed by atoms with Gasteiger partial charge in [-0.25, -0.2) is 0 Å². The van der Waals surface area contributed by atoms with Crippen LogP contribution < -0.4 is 0 Å². The Morgan fingerprint density at radius 3 is 2.71 bits per heavy atom. The van der Waals surface area contributed by atoms with E-state index in [0.29, 0.717) is 6.42 Å². The molecule has 2 aromatic rings. The number of carbonyl (C=O) groups excluding carboxylic acids is 1. The molecule has 0 saturated carbocycles. The molecular weight excluding hydrogens is 212 g/mol. The van der Waals surface area contributed by atoms with E-state index in [1.807, 2.05) is 19.1 Å². The number of aromatic amines is 1. The summed E-state index contributed by atoms with van der Waals surface area (Å²) in [7, 11) is 0. The number of aromatic nitrogens is 2. The summed E-state index contributed by atoms with van der Waals surface area (Å²) >= 11 is 0. The topological polar surface area (TPSA) is 45.8 Å². The Balaban J connectivity index is 2.17. The molecule has 3 heteroatoms. The van der Waals surface area contributed by atoms with Crippen LogP contribution in [0.15, 0.2) is 24.5 Å². The fourth-order valence-electron chi connectivity index (χ4n) is 2.58. The lowest BCUT2D eigenvalue weighted by molar-refractivity contribution is 0.0972. The Kier molecular flexibility index (Phi) is 2.32. The zero-order chi connectivity index (χ0) is 11.8. The maximum Gasteiger partial charge on any atom is 0.164 e. The SMILES string of the molecule is Cc1c(-c2ccncc2)[nH]c2c1C(=O)CCC2. The minimum Gasteiger partial charge on any atom is -0.358 e. The first-order chi connectivity index (χ1) is 8.27. The highest BCUT2D eigenvalue weighted by molar-refractivity contribution is 6.01. The van der Waals surface area contributed by atoms with Gasteiger partial charge in [0.1, 0.15) is 0 Å². The average Bonchev–Trinajstić information content (AvgIpc) is 2.69. The number of pyridine rings is 1. The number of carbonyl (C=O) groups is 1. The summed E-state index contributed by atoms with van der Waals surface area (Å²) in [5, 5.41) is 0. The van der Waals surface area contributed by atoms with E-state index in [-0.39, 0.29) is 5.78 Å². The minimum atomic E-state index is 0.278. The molecule has 0 radical (unpaired) electrons. The van der Waals surface area contributed by atoms with Crippen LogP contribution in [0.2, 0.25) is 0 Å². The van der Waals surface area contributed by atoms with Crippen LogP contribution in [0.25, 0.3) is 11.3 Å². The number of rotatable bonds is 1. The molecule has 1 aliphatic carbocycles. The van der Waals surface area contributed by atoms with Gasteiger partial charge in [0.2, 0.25) is 0 Å². The van der Waals surface area contributed by atoms with Gasteiger partial charge in [-0.05, 0) is 37.5 Å². The maximum atomic E-state index is 11.9. The zero-order valence-electron chi connectivity index (χ0n) is 9.79. The van der Waals surface area contributed by atoms with Crippen LogP contribution in [0.1, 0.15) is 34.5 Å². The van der Waals surface area contributed by atoms with Crippen molar-refractivity contribution in [1.82, 2.24) is 9.97 Å². The second kappa shape index (κ2) is 3.84. The highest BCUT2D eigenvalue weighted by atomic mass is 16.1. The molecule has 0 saturated heterocycles. The lowest BCUT2D eigenvalue weighted by Crippen LogP contribution is -2.09. The van der Waals surface area contributed by atoms with Crippen LogP contribution in [0.5, 0.6) is 0 Å². The molecule has 0 atom stereocenters. The van der Waals surface area contributed by atoms with Crippen molar-refractivity contribution in [1.29, 1.82) is 0 Å². The molecule has 2 aromatic heterocycles. The first kappa shape index (κ1) is 10.3. The van der Waals surface area contributed by atoms with E-state index < -0.39 is 0 Å². The van der Waals surface area contributed by atoms with Gasteiger partial charge < -0.3 is 4.98 Å². The van der Waals surface area contributed by atoms with Crippen molar-refractivity contribution in [2.24, 2.45) is 0 Å². The molecule has 1 N–H and O–H groups in total. The minimum absolute atomic E-state index is 0.278. The van der Waals surface area contributed by atoms with Crippen molar-refractivity contribution in [3.05, 3.63) is 41.3 Å². The molecule has 0 bridgehead atoms.